The highest BCUT2D eigenvalue weighted by Crippen LogP contribution is 2.12. The third kappa shape index (κ3) is 5.41. The first-order valence-corrected chi connectivity index (χ1v) is 6.74. The lowest BCUT2D eigenvalue weighted by molar-refractivity contribution is -0.122. The smallest absolute Gasteiger partial charge is 0.223 e. The molecule has 18 heavy (non-hydrogen) atoms. The Hall–Kier alpha value is -1.22. The fourth-order valence-electron chi connectivity index (χ4n) is 1.52. The van der Waals surface area contributed by atoms with Gasteiger partial charge in [-0.15, -0.1) is 11.6 Å². The molecule has 1 aromatic carbocycles. The van der Waals surface area contributed by atoms with Crippen LogP contribution in [0.4, 0.5) is 0 Å². The summed E-state index contributed by atoms with van der Waals surface area (Å²) in [5.74, 6) is 1.23. The lowest BCUT2D eigenvalue weighted by Gasteiger charge is -2.13. The summed E-state index contributed by atoms with van der Waals surface area (Å²) in [5, 5.41) is 2.86. The predicted molar refractivity (Wildman–Crippen MR) is 74.2 cm³/mol. The molecule has 4 heteroatoms. The Labute approximate surface area is 113 Å². The van der Waals surface area contributed by atoms with Crippen molar-refractivity contribution in [2.75, 3.05) is 12.5 Å². The van der Waals surface area contributed by atoms with Gasteiger partial charge in [0.15, 0.2) is 0 Å². The van der Waals surface area contributed by atoms with Gasteiger partial charge in [0.2, 0.25) is 5.91 Å². The largest absolute Gasteiger partial charge is 0.493 e. The van der Waals surface area contributed by atoms with Crippen molar-refractivity contribution in [2.45, 2.75) is 32.7 Å². The van der Waals surface area contributed by atoms with Crippen LogP contribution in [0.3, 0.4) is 0 Å². The maximum atomic E-state index is 11.6. The molecule has 1 atom stereocenters. The number of alkyl halides is 1. The molecule has 1 unspecified atom stereocenters. The summed E-state index contributed by atoms with van der Waals surface area (Å²) in [6.07, 6.45) is 1.19. The Morgan fingerprint density at radius 2 is 2.28 bits per heavy atom. The first-order valence-electron chi connectivity index (χ1n) is 6.20. The summed E-state index contributed by atoms with van der Waals surface area (Å²) in [4.78, 5) is 11.6. The summed E-state index contributed by atoms with van der Waals surface area (Å²) in [6, 6.07) is 7.83. The van der Waals surface area contributed by atoms with Crippen molar-refractivity contribution in [3.05, 3.63) is 29.8 Å². The molecule has 1 N–H and O–H groups in total. The van der Waals surface area contributed by atoms with Crippen LogP contribution in [-0.2, 0) is 4.79 Å². The van der Waals surface area contributed by atoms with Gasteiger partial charge in [0.1, 0.15) is 5.75 Å². The van der Waals surface area contributed by atoms with E-state index in [1.54, 1.807) is 0 Å². The number of carbonyl (C=O) groups excluding carboxylic acids is 1. The van der Waals surface area contributed by atoms with Crippen LogP contribution >= 0.6 is 11.6 Å². The van der Waals surface area contributed by atoms with Crippen LogP contribution in [0.1, 0.15) is 25.3 Å². The highest BCUT2D eigenvalue weighted by molar-refractivity contribution is 6.18. The van der Waals surface area contributed by atoms with Crippen LogP contribution < -0.4 is 10.1 Å². The standard InChI is InChI=1S/C14H20ClNO2/c1-3-12(10-15)16-14(17)7-8-18-13-6-4-5-11(2)9-13/h4-6,9,12H,3,7-8,10H2,1-2H3,(H,16,17). The number of hydrogen-bond donors (Lipinski definition) is 1. The third-order valence-electron chi connectivity index (χ3n) is 2.63. The minimum Gasteiger partial charge on any atom is -0.493 e. The van der Waals surface area contributed by atoms with Crippen molar-refractivity contribution in [3.63, 3.8) is 0 Å². The van der Waals surface area contributed by atoms with Crippen molar-refractivity contribution in [1.29, 1.82) is 0 Å². The number of hydrogen-bond acceptors (Lipinski definition) is 2. The SMILES string of the molecule is CCC(CCl)NC(=O)CCOc1cccc(C)c1. The van der Waals surface area contributed by atoms with Crippen molar-refractivity contribution < 1.29 is 9.53 Å². The Bertz CT molecular complexity index is 378. The van der Waals surface area contributed by atoms with E-state index in [9.17, 15) is 4.79 Å². The number of carbonyl (C=O) groups is 1. The van der Waals surface area contributed by atoms with Gasteiger partial charge in [-0.3, -0.25) is 4.79 Å². The molecule has 0 aliphatic carbocycles. The zero-order valence-corrected chi connectivity index (χ0v) is 11.7. The second-order valence-corrected chi connectivity index (χ2v) is 4.55. The molecule has 0 spiro atoms. The van der Waals surface area contributed by atoms with E-state index in [2.05, 4.69) is 5.32 Å². The molecule has 0 fully saturated rings. The molecule has 0 saturated carbocycles. The number of benzene rings is 1. The Balaban J connectivity index is 2.27. The van der Waals surface area contributed by atoms with Crippen LogP contribution in [0.15, 0.2) is 24.3 Å². The number of rotatable bonds is 7. The summed E-state index contributed by atoms with van der Waals surface area (Å²) in [5.41, 5.74) is 1.14. The summed E-state index contributed by atoms with van der Waals surface area (Å²) in [7, 11) is 0. The van der Waals surface area contributed by atoms with Gasteiger partial charge in [0, 0.05) is 11.9 Å². The van der Waals surface area contributed by atoms with E-state index in [4.69, 9.17) is 16.3 Å². The first-order chi connectivity index (χ1) is 8.65. The predicted octanol–water partition coefficient (Wildman–Crippen LogP) is 2.90. The normalized spacial score (nSPS) is 11.9. The topological polar surface area (TPSA) is 38.3 Å². The first kappa shape index (κ1) is 14.8. The van der Waals surface area contributed by atoms with E-state index in [-0.39, 0.29) is 11.9 Å². The third-order valence-corrected chi connectivity index (χ3v) is 3.00. The fraction of sp³-hybridized carbons (Fsp3) is 0.500. The van der Waals surface area contributed by atoms with Gasteiger partial charge >= 0.3 is 0 Å². The molecule has 1 amide bonds. The van der Waals surface area contributed by atoms with E-state index in [0.29, 0.717) is 18.9 Å². The van der Waals surface area contributed by atoms with Gasteiger partial charge in [0.25, 0.3) is 0 Å². The molecular formula is C14H20ClNO2. The summed E-state index contributed by atoms with van der Waals surface area (Å²) in [6.45, 7) is 4.39. The van der Waals surface area contributed by atoms with Crippen molar-refractivity contribution in [3.8, 4) is 5.75 Å². The molecule has 0 aromatic heterocycles. The van der Waals surface area contributed by atoms with Crippen LogP contribution in [0.5, 0.6) is 5.75 Å². The average Bonchev–Trinajstić information content (AvgIpc) is 2.36. The number of halogens is 1. The lowest BCUT2D eigenvalue weighted by atomic mass is 10.2. The quantitative estimate of drug-likeness (QED) is 0.773. The summed E-state index contributed by atoms with van der Waals surface area (Å²) < 4.78 is 5.51. The monoisotopic (exact) mass is 269 g/mol. The average molecular weight is 270 g/mol. The van der Waals surface area contributed by atoms with E-state index >= 15 is 0 Å². The van der Waals surface area contributed by atoms with Gasteiger partial charge in [-0.05, 0) is 31.0 Å². The van der Waals surface area contributed by atoms with E-state index in [0.717, 1.165) is 17.7 Å². The minimum atomic E-state index is -0.0184. The second-order valence-electron chi connectivity index (χ2n) is 4.24. The molecule has 0 aliphatic heterocycles. The molecule has 1 aromatic rings. The number of amides is 1. The number of aryl methyl sites for hydroxylation is 1. The fourth-order valence-corrected chi connectivity index (χ4v) is 1.81. The maximum Gasteiger partial charge on any atom is 0.223 e. The van der Waals surface area contributed by atoms with Crippen LogP contribution in [0, 0.1) is 6.92 Å². The molecule has 0 saturated heterocycles. The Morgan fingerprint density at radius 3 is 2.89 bits per heavy atom. The lowest BCUT2D eigenvalue weighted by Crippen LogP contribution is -2.36. The van der Waals surface area contributed by atoms with Crippen molar-refractivity contribution >= 4 is 17.5 Å². The van der Waals surface area contributed by atoms with E-state index in [1.165, 1.54) is 0 Å². The molecule has 0 aliphatic rings. The van der Waals surface area contributed by atoms with Gasteiger partial charge in [0.05, 0.1) is 13.0 Å². The van der Waals surface area contributed by atoms with Crippen molar-refractivity contribution in [2.24, 2.45) is 0 Å². The van der Waals surface area contributed by atoms with Crippen LogP contribution in [0.25, 0.3) is 0 Å². The minimum absolute atomic E-state index is 0.0184. The van der Waals surface area contributed by atoms with Gasteiger partial charge in [-0.2, -0.15) is 0 Å². The van der Waals surface area contributed by atoms with E-state index in [1.807, 2.05) is 38.1 Å². The highest BCUT2D eigenvalue weighted by Gasteiger charge is 2.08. The van der Waals surface area contributed by atoms with Crippen LogP contribution in [0.2, 0.25) is 0 Å². The maximum absolute atomic E-state index is 11.6. The Morgan fingerprint density at radius 1 is 1.50 bits per heavy atom. The van der Waals surface area contributed by atoms with Gasteiger partial charge < -0.3 is 10.1 Å². The Kier molecular flexibility index (Phi) is 6.58. The molecule has 0 heterocycles. The summed E-state index contributed by atoms with van der Waals surface area (Å²) >= 11 is 5.71. The highest BCUT2D eigenvalue weighted by atomic mass is 35.5. The molecule has 1 rings (SSSR count). The van der Waals surface area contributed by atoms with Crippen LogP contribution in [-0.4, -0.2) is 24.4 Å². The second kappa shape index (κ2) is 7.98. The zero-order chi connectivity index (χ0) is 13.4. The molecular weight excluding hydrogens is 250 g/mol. The van der Waals surface area contributed by atoms with Gasteiger partial charge in [-0.1, -0.05) is 19.1 Å². The number of nitrogens with one attached hydrogen (secondary N) is 1. The van der Waals surface area contributed by atoms with E-state index < -0.39 is 0 Å². The van der Waals surface area contributed by atoms with Crippen molar-refractivity contribution in [1.82, 2.24) is 5.32 Å². The molecule has 0 radical (unpaired) electrons. The molecule has 100 valence electrons. The molecule has 0 bridgehead atoms. The molecule has 3 nitrogen and oxygen atoms in total. The van der Waals surface area contributed by atoms with Gasteiger partial charge in [-0.25, -0.2) is 0 Å². The number of ether oxygens (including phenoxy) is 1. The zero-order valence-electron chi connectivity index (χ0n) is 10.9.